The molecule has 1 fully saturated rings. The van der Waals surface area contributed by atoms with Crippen LogP contribution in [0.1, 0.15) is 41.5 Å². The highest BCUT2D eigenvalue weighted by molar-refractivity contribution is 7.12. The van der Waals surface area contributed by atoms with Gasteiger partial charge in [0.1, 0.15) is 0 Å². The number of nitrogens with one attached hydrogen (secondary N) is 2. The highest BCUT2D eigenvalue weighted by Gasteiger charge is 2.14. The summed E-state index contributed by atoms with van der Waals surface area (Å²) in [6, 6.07) is 23.0. The molecule has 4 aromatic rings. The number of rotatable bonds is 7. The van der Waals surface area contributed by atoms with Crippen molar-refractivity contribution in [3.05, 3.63) is 111 Å². The first kappa shape index (κ1) is 25.4. The van der Waals surface area contributed by atoms with Gasteiger partial charge in [-0.05, 0) is 96.7 Å². The molecule has 2 heterocycles. The van der Waals surface area contributed by atoms with E-state index in [2.05, 4.69) is 15.5 Å². The number of nitrogens with zero attached hydrogens (tertiary/aromatic N) is 1. The molecule has 1 aliphatic heterocycles. The van der Waals surface area contributed by atoms with Gasteiger partial charge in [-0.1, -0.05) is 0 Å². The summed E-state index contributed by atoms with van der Waals surface area (Å²) in [7, 11) is 0. The van der Waals surface area contributed by atoms with E-state index in [1.165, 1.54) is 11.3 Å². The molecule has 0 atom stereocenters. The Morgan fingerprint density at radius 2 is 1.26 bits per heavy atom. The number of ether oxygens (including phenoxy) is 1. The SMILES string of the molecule is Cc1csc(C(=O)Nc2ccc(C(=O)c3ccc(NC(=O)c4ccc(N5CCOCC5)cc4)cc3)cc2)c1. The van der Waals surface area contributed by atoms with Gasteiger partial charge >= 0.3 is 0 Å². The summed E-state index contributed by atoms with van der Waals surface area (Å²) in [6.07, 6.45) is 0. The molecule has 8 heteroatoms. The molecule has 3 aromatic carbocycles. The number of ketones is 1. The predicted molar refractivity (Wildman–Crippen MR) is 151 cm³/mol. The Kier molecular flexibility index (Phi) is 7.62. The van der Waals surface area contributed by atoms with Gasteiger partial charge in [-0.3, -0.25) is 14.4 Å². The second-order valence-electron chi connectivity index (χ2n) is 9.03. The van der Waals surface area contributed by atoms with Gasteiger partial charge in [0.15, 0.2) is 5.78 Å². The third kappa shape index (κ3) is 5.99. The normalized spacial score (nSPS) is 13.1. The van der Waals surface area contributed by atoms with Crippen molar-refractivity contribution in [2.75, 3.05) is 41.8 Å². The second kappa shape index (κ2) is 11.4. The number of hydrogen-bond acceptors (Lipinski definition) is 6. The van der Waals surface area contributed by atoms with Crippen molar-refractivity contribution in [2.45, 2.75) is 6.92 Å². The molecule has 38 heavy (non-hydrogen) atoms. The van der Waals surface area contributed by atoms with E-state index >= 15 is 0 Å². The summed E-state index contributed by atoms with van der Waals surface area (Å²) in [6.45, 7) is 5.04. The number of amides is 2. The van der Waals surface area contributed by atoms with Gasteiger partial charge in [-0.2, -0.15) is 0 Å². The maximum atomic E-state index is 12.9. The standard InChI is InChI=1S/C30H27N3O4S/c1-20-18-27(38-19-20)30(36)32-25-10-4-22(5-11-25)28(34)21-2-8-24(9-3-21)31-29(35)23-6-12-26(13-7-23)33-14-16-37-17-15-33/h2-13,18-19H,14-17H2,1H3,(H,31,35)(H,32,36). The van der Waals surface area contributed by atoms with Crippen molar-refractivity contribution >= 4 is 46.0 Å². The zero-order chi connectivity index (χ0) is 26.5. The van der Waals surface area contributed by atoms with Crippen LogP contribution in [0, 0.1) is 6.92 Å². The van der Waals surface area contributed by atoms with Gasteiger partial charge < -0.3 is 20.3 Å². The Morgan fingerprint density at radius 3 is 1.79 bits per heavy atom. The maximum Gasteiger partial charge on any atom is 0.265 e. The predicted octanol–water partition coefficient (Wildman–Crippen LogP) is 5.63. The Bertz CT molecular complexity index is 1440. The molecule has 0 spiro atoms. The summed E-state index contributed by atoms with van der Waals surface area (Å²) >= 11 is 1.39. The topological polar surface area (TPSA) is 87.7 Å². The molecular formula is C30H27N3O4S. The van der Waals surface area contributed by atoms with Crippen LogP contribution in [0.3, 0.4) is 0 Å². The molecule has 0 aliphatic carbocycles. The number of anilines is 3. The number of thiophene rings is 1. The van der Waals surface area contributed by atoms with E-state index in [0.717, 1.165) is 24.3 Å². The molecule has 192 valence electrons. The minimum atomic E-state index is -0.215. The first-order chi connectivity index (χ1) is 18.5. The van der Waals surface area contributed by atoms with Gasteiger partial charge in [0, 0.05) is 46.8 Å². The average Bonchev–Trinajstić information content (AvgIpc) is 3.40. The Labute approximate surface area is 225 Å². The zero-order valence-corrected chi connectivity index (χ0v) is 21.7. The van der Waals surface area contributed by atoms with Crippen LogP contribution in [0.4, 0.5) is 17.1 Å². The van der Waals surface area contributed by atoms with E-state index in [1.807, 2.05) is 42.6 Å². The lowest BCUT2D eigenvalue weighted by atomic mass is 10.0. The van der Waals surface area contributed by atoms with Crippen LogP contribution in [0.5, 0.6) is 0 Å². The van der Waals surface area contributed by atoms with Crippen LogP contribution in [0.2, 0.25) is 0 Å². The van der Waals surface area contributed by atoms with E-state index in [0.29, 0.717) is 46.2 Å². The molecule has 0 radical (unpaired) electrons. The zero-order valence-electron chi connectivity index (χ0n) is 20.9. The molecule has 2 N–H and O–H groups in total. The van der Waals surface area contributed by atoms with Crippen LogP contribution in [0.15, 0.2) is 84.2 Å². The number of hydrogen-bond donors (Lipinski definition) is 2. The number of carbonyl (C=O) groups excluding carboxylic acids is 3. The monoisotopic (exact) mass is 525 g/mol. The summed E-state index contributed by atoms with van der Waals surface area (Å²) in [4.78, 5) is 40.9. The number of aryl methyl sites for hydroxylation is 1. The molecular weight excluding hydrogens is 498 g/mol. The quantitative estimate of drug-likeness (QED) is 0.306. The smallest absolute Gasteiger partial charge is 0.265 e. The van der Waals surface area contributed by atoms with Gasteiger partial charge in [-0.25, -0.2) is 0 Å². The van der Waals surface area contributed by atoms with Gasteiger partial charge in [0.25, 0.3) is 11.8 Å². The van der Waals surface area contributed by atoms with Gasteiger partial charge in [0.05, 0.1) is 18.1 Å². The molecule has 7 nitrogen and oxygen atoms in total. The van der Waals surface area contributed by atoms with Crippen LogP contribution in [0.25, 0.3) is 0 Å². The second-order valence-corrected chi connectivity index (χ2v) is 9.94. The van der Waals surface area contributed by atoms with Crippen LogP contribution in [-0.2, 0) is 4.74 Å². The minimum absolute atomic E-state index is 0.145. The van der Waals surface area contributed by atoms with Crippen molar-refractivity contribution < 1.29 is 19.1 Å². The van der Waals surface area contributed by atoms with E-state index in [-0.39, 0.29) is 17.6 Å². The highest BCUT2D eigenvalue weighted by Crippen LogP contribution is 2.20. The molecule has 1 aliphatic rings. The molecule has 0 unspecified atom stereocenters. The van der Waals surface area contributed by atoms with Crippen LogP contribution in [-0.4, -0.2) is 43.9 Å². The average molecular weight is 526 g/mol. The molecule has 5 rings (SSSR count). The third-order valence-corrected chi connectivity index (χ3v) is 7.32. The molecule has 1 saturated heterocycles. The number of carbonyl (C=O) groups is 3. The largest absolute Gasteiger partial charge is 0.378 e. The van der Waals surface area contributed by atoms with Crippen LogP contribution >= 0.6 is 11.3 Å². The van der Waals surface area contributed by atoms with Gasteiger partial charge in [0.2, 0.25) is 0 Å². The van der Waals surface area contributed by atoms with E-state index in [1.54, 1.807) is 48.5 Å². The maximum absolute atomic E-state index is 12.9. The summed E-state index contributed by atoms with van der Waals surface area (Å²) < 4.78 is 5.39. The minimum Gasteiger partial charge on any atom is -0.378 e. The van der Waals surface area contributed by atoms with Crippen molar-refractivity contribution in [1.29, 1.82) is 0 Å². The summed E-state index contributed by atoms with van der Waals surface area (Å²) in [5.74, 6) is -0.533. The Hall–Kier alpha value is -4.27. The lowest BCUT2D eigenvalue weighted by Crippen LogP contribution is -2.36. The fourth-order valence-electron chi connectivity index (χ4n) is 4.17. The lowest BCUT2D eigenvalue weighted by Gasteiger charge is -2.28. The fraction of sp³-hybridized carbons (Fsp3) is 0.167. The van der Waals surface area contributed by atoms with E-state index < -0.39 is 0 Å². The van der Waals surface area contributed by atoms with Crippen molar-refractivity contribution in [3.63, 3.8) is 0 Å². The third-order valence-electron chi connectivity index (χ3n) is 6.27. The number of benzene rings is 3. The van der Waals surface area contributed by atoms with E-state index in [9.17, 15) is 14.4 Å². The van der Waals surface area contributed by atoms with Crippen molar-refractivity contribution in [2.24, 2.45) is 0 Å². The van der Waals surface area contributed by atoms with Crippen LogP contribution < -0.4 is 15.5 Å². The summed E-state index contributed by atoms with van der Waals surface area (Å²) in [5.41, 5.74) is 4.91. The summed E-state index contributed by atoms with van der Waals surface area (Å²) in [5, 5.41) is 7.66. The first-order valence-corrected chi connectivity index (χ1v) is 13.2. The molecule has 0 bridgehead atoms. The first-order valence-electron chi connectivity index (χ1n) is 12.3. The van der Waals surface area contributed by atoms with Crippen molar-refractivity contribution in [3.8, 4) is 0 Å². The Morgan fingerprint density at radius 1 is 0.737 bits per heavy atom. The molecule has 1 aromatic heterocycles. The molecule has 2 amide bonds. The van der Waals surface area contributed by atoms with Crippen molar-refractivity contribution in [1.82, 2.24) is 0 Å². The molecule has 0 saturated carbocycles. The number of morpholine rings is 1. The highest BCUT2D eigenvalue weighted by atomic mass is 32.1. The van der Waals surface area contributed by atoms with Gasteiger partial charge in [-0.15, -0.1) is 11.3 Å². The lowest BCUT2D eigenvalue weighted by molar-refractivity contribution is 0.102. The Balaban J connectivity index is 1.17. The fourth-order valence-corrected chi connectivity index (χ4v) is 4.96. The van der Waals surface area contributed by atoms with E-state index in [4.69, 9.17) is 4.74 Å².